The molecule has 4 aromatic rings. The van der Waals surface area contributed by atoms with E-state index in [9.17, 15) is 4.39 Å². The van der Waals surface area contributed by atoms with E-state index in [-0.39, 0.29) is 17.9 Å². The summed E-state index contributed by atoms with van der Waals surface area (Å²) >= 11 is 5.79. The Morgan fingerprint density at radius 3 is 2.35 bits per heavy atom. The van der Waals surface area contributed by atoms with E-state index in [2.05, 4.69) is 57.0 Å². The second-order valence-electron chi connectivity index (χ2n) is 7.61. The van der Waals surface area contributed by atoms with Crippen molar-refractivity contribution in [2.45, 2.75) is 19.0 Å². The van der Waals surface area contributed by atoms with Crippen LogP contribution in [0.1, 0.15) is 29.0 Å². The van der Waals surface area contributed by atoms with Crippen molar-refractivity contribution in [1.29, 1.82) is 0 Å². The Hall–Kier alpha value is -3.51. The minimum Gasteiger partial charge on any atom is -0.351 e. The fourth-order valence-electron chi connectivity index (χ4n) is 4.11. The average molecular weight is 429 g/mol. The van der Waals surface area contributed by atoms with Gasteiger partial charge in [-0.2, -0.15) is 0 Å². The largest absolute Gasteiger partial charge is 0.351 e. The lowest BCUT2D eigenvalue weighted by Crippen LogP contribution is -2.30. The number of anilines is 1. The van der Waals surface area contributed by atoms with Gasteiger partial charge in [0, 0.05) is 29.5 Å². The van der Waals surface area contributed by atoms with Crippen molar-refractivity contribution in [2.24, 2.45) is 0 Å². The fraction of sp³-hybridized carbons (Fsp3) is 0.120. The second kappa shape index (κ2) is 7.96. The number of hydrogen-bond acceptors (Lipinski definition) is 2. The van der Waals surface area contributed by atoms with Crippen LogP contribution in [0.25, 0.3) is 5.69 Å². The molecule has 5 rings (SSSR count). The SMILES string of the molecule is Cc1ccc(N2C(=S)N[C@@H](c3ccccn3)[C@H]2c2cccn2-c2ccc(F)cc2)cc1. The van der Waals surface area contributed by atoms with Gasteiger partial charge >= 0.3 is 0 Å². The van der Waals surface area contributed by atoms with Crippen molar-refractivity contribution in [3.8, 4) is 5.69 Å². The molecule has 0 spiro atoms. The first-order chi connectivity index (χ1) is 15.1. The number of thiocarbonyl (C=S) groups is 1. The summed E-state index contributed by atoms with van der Waals surface area (Å²) in [4.78, 5) is 6.75. The van der Waals surface area contributed by atoms with E-state index in [1.54, 1.807) is 18.3 Å². The van der Waals surface area contributed by atoms with E-state index in [1.807, 2.05) is 30.5 Å². The Balaban J connectivity index is 1.66. The van der Waals surface area contributed by atoms with Gasteiger partial charge in [0.05, 0.1) is 11.7 Å². The van der Waals surface area contributed by atoms with Crippen molar-refractivity contribution >= 4 is 23.0 Å². The molecule has 0 amide bonds. The zero-order chi connectivity index (χ0) is 21.4. The molecule has 2 aromatic heterocycles. The van der Waals surface area contributed by atoms with Crippen LogP contribution < -0.4 is 10.2 Å². The highest BCUT2D eigenvalue weighted by molar-refractivity contribution is 7.80. The summed E-state index contributed by atoms with van der Waals surface area (Å²) in [6.07, 6.45) is 3.79. The van der Waals surface area contributed by atoms with Crippen molar-refractivity contribution < 1.29 is 4.39 Å². The molecule has 1 fully saturated rings. The number of hydrogen-bond donors (Lipinski definition) is 1. The lowest BCUT2D eigenvalue weighted by molar-refractivity contribution is 0.549. The minimum atomic E-state index is -0.256. The van der Waals surface area contributed by atoms with Crippen LogP contribution in [0, 0.1) is 12.7 Å². The first kappa shape index (κ1) is 19.5. The van der Waals surface area contributed by atoms with Gasteiger partial charge in [-0.15, -0.1) is 0 Å². The number of nitrogens with one attached hydrogen (secondary N) is 1. The minimum absolute atomic E-state index is 0.134. The molecule has 1 aliphatic heterocycles. The van der Waals surface area contributed by atoms with Crippen molar-refractivity contribution in [3.05, 3.63) is 114 Å². The van der Waals surface area contributed by atoms with Gasteiger partial charge in [0.2, 0.25) is 0 Å². The number of aromatic nitrogens is 2. The number of halogens is 1. The van der Waals surface area contributed by atoms with Crippen LogP contribution in [-0.2, 0) is 0 Å². The maximum Gasteiger partial charge on any atom is 0.174 e. The van der Waals surface area contributed by atoms with E-state index in [0.29, 0.717) is 5.11 Å². The van der Waals surface area contributed by atoms with Gasteiger partial charge in [0.25, 0.3) is 0 Å². The zero-order valence-electron chi connectivity index (χ0n) is 16.9. The highest BCUT2D eigenvalue weighted by Gasteiger charge is 2.42. The molecule has 6 heteroatoms. The third kappa shape index (κ3) is 3.59. The first-order valence-corrected chi connectivity index (χ1v) is 10.5. The smallest absolute Gasteiger partial charge is 0.174 e. The fourth-order valence-corrected chi connectivity index (χ4v) is 4.46. The zero-order valence-corrected chi connectivity index (χ0v) is 17.8. The predicted molar refractivity (Wildman–Crippen MR) is 125 cm³/mol. The van der Waals surface area contributed by atoms with Crippen LogP contribution in [0.15, 0.2) is 91.3 Å². The average Bonchev–Trinajstić information content (AvgIpc) is 3.40. The molecule has 0 saturated carbocycles. The number of rotatable bonds is 4. The highest BCUT2D eigenvalue weighted by Crippen LogP contribution is 2.42. The van der Waals surface area contributed by atoms with Gasteiger partial charge in [-0.25, -0.2) is 4.39 Å². The van der Waals surface area contributed by atoms with Crippen LogP contribution in [0.2, 0.25) is 0 Å². The van der Waals surface area contributed by atoms with Crippen LogP contribution in [0.3, 0.4) is 0 Å². The molecule has 3 heterocycles. The van der Waals surface area contributed by atoms with Crippen LogP contribution in [0.5, 0.6) is 0 Å². The summed E-state index contributed by atoms with van der Waals surface area (Å²) < 4.78 is 15.6. The van der Waals surface area contributed by atoms with E-state index in [1.165, 1.54) is 17.7 Å². The molecule has 1 N–H and O–H groups in total. The monoisotopic (exact) mass is 428 g/mol. The van der Waals surface area contributed by atoms with Crippen molar-refractivity contribution in [2.75, 3.05) is 4.90 Å². The molecular formula is C25H21FN4S. The number of benzene rings is 2. The molecule has 1 aliphatic rings. The normalized spacial score (nSPS) is 18.3. The van der Waals surface area contributed by atoms with Crippen LogP contribution >= 0.6 is 12.2 Å². The molecule has 4 nitrogen and oxygen atoms in total. The number of nitrogens with zero attached hydrogens (tertiary/aromatic N) is 3. The lowest BCUT2D eigenvalue weighted by atomic mass is 10.0. The van der Waals surface area contributed by atoms with Crippen LogP contribution in [-0.4, -0.2) is 14.7 Å². The number of pyridine rings is 1. The third-order valence-corrected chi connectivity index (χ3v) is 5.91. The summed E-state index contributed by atoms with van der Waals surface area (Å²) in [6, 6.07) is 24.6. The molecule has 154 valence electrons. The standard InChI is InChI=1S/C25H21FN4S/c1-17-7-11-20(12-8-17)30-24(23(28-25(30)31)21-5-2-3-15-27-21)22-6-4-16-29(22)19-13-9-18(26)10-14-19/h2-16,23-24H,1H3,(H,28,31)/t23-,24+/m0/s1. The number of aryl methyl sites for hydroxylation is 1. The van der Waals surface area contributed by atoms with Gasteiger partial charge in [-0.1, -0.05) is 23.8 Å². The molecule has 0 bridgehead atoms. The molecule has 31 heavy (non-hydrogen) atoms. The molecule has 0 radical (unpaired) electrons. The van der Waals surface area contributed by atoms with E-state index < -0.39 is 0 Å². The Bertz CT molecular complexity index is 1200. The Morgan fingerprint density at radius 2 is 1.65 bits per heavy atom. The van der Waals surface area contributed by atoms with Crippen LogP contribution in [0.4, 0.5) is 10.1 Å². The van der Waals surface area contributed by atoms with Gasteiger partial charge in [0.1, 0.15) is 11.9 Å². The maximum absolute atomic E-state index is 13.5. The Morgan fingerprint density at radius 1 is 0.903 bits per heavy atom. The van der Waals surface area contributed by atoms with Gasteiger partial charge in [0.15, 0.2) is 5.11 Å². The molecule has 0 unspecified atom stereocenters. The molecule has 1 saturated heterocycles. The third-order valence-electron chi connectivity index (χ3n) is 5.60. The summed E-state index contributed by atoms with van der Waals surface area (Å²) in [5, 5.41) is 4.13. The molecule has 2 atom stereocenters. The Kier molecular flexibility index (Phi) is 5.00. The lowest BCUT2D eigenvalue weighted by Gasteiger charge is -2.29. The van der Waals surface area contributed by atoms with Gasteiger partial charge < -0.3 is 14.8 Å². The van der Waals surface area contributed by atoms with E-state index in [0.717, 1.165) is 22.8 Å². The second-order valence-corrected chi connectivity index (χ2v) is 8.00. The summed E-state index contributed by atoms with van der Waals surface area (Å²) in [5.41, 5.74) is 5.04. The maximum atomic E-state index is 13.5. The highest BCUT2D eigenvalue weighted by atomic mass is 32.1. The van der Waals surface area contributed by atoms with E-state index in [4.69, 9.17) is 12.2 Å². The van der Waals surface area contributed by atoms with E-state index >= 15 is 0 Å². The molecular weight excluding hydrogens is 407 g/mol. The predicted octanol–water partition coefficient (Wildman–Crippen LogP) is 5.50. The van der Waals surface area contributed by atoms with Gasteiger partial charge in [-0.3, -0.25) is 4.98 Å². The Labute approximate surface area is 186 Å². The van der Waals surface area contributed by atoms with Gasteiger partial charge in [-0.05, 0) is 79.8 Å². The topological polar surface area (TPSA) is 33.1 Å². The molecule has 0 aliphatic carbocycles. The molecule has 2 aromatic carbocycles. The van der Waals surface area contributed by atoms with Crippen molar-refractivity contribution in [3.63, 3.8) is 0 Å². The van der Waals surface area contributed by atoms with Crippen molar-refractivity contribution in [1.82, 2.24) is 14.9 Å². The quantitative estimate of drug-likeness (QED) is 0.435. The first-order valence-electron chi connectivity index (χ1n) is 10.1. The summed E-state index contributed by atoms with van der Waals surface area (Å²) in [6.45, 7) is 2.07. The summed E-state index contributed by atoms with van der Waals surface area (Å²) in [5.74, 6) is -0.256. The summed E-state index contributed by atoms with van der Waals surface area (Å²) in [7, 11) is 0.